The number of hydrogen-bond donors (Lipinski definition) is 1. The Kier molecular flexibility index (Phi) is 10.7. The van der Waals surface area contributed by atoms with Crippen LogP contribution in [0.4, 0.5) is 10.1 Å². The largest absolute Gasteiger partial charge is 0.350 e. The van der Waals surface area contributed by atoms with Crippen LogP contribution in [0, 0.1) is 12.7 Å². The maximum Gasteiger partial charge on any atom is 0.264 e. The number of anilines is 1. The van der Waals surface area contributed by atoms with Gasteiger partial charge in [0, 0.05) is 23.5 Å². The molecule has 4 rings (SSSR count). The zero-order valence-electron chi connectivity index (χ0n) is 25.7. The highest BCUT2D eigenvalue weighted by atomic mass is 35.5. The number of nitrogens with zero attached hydrogens (tertiary/aromatic N) is 2. The molecule has 0 aliphatic rings. The van der Waals surface area contributed by atoms with E-state index in [1.807, 2.05) is 51.1 Å². The first-order valence-electron chi connectivity index (χ1n) is 14.5. The number of nitrogens with one attached hydrogen (secondary N) is 1. The van der Waals surface area contributed by atoms with Crippen LogP contribution in [0.3, 0.4) is 0 Å². The molecule has 0 bridgehead atoms. The molecule has 0 aliphatic heterocycles. The highest BCUT2D eigenvalue weighted by Crippen LogP contribution is 2.31. The molecule has 1 N–H and O–H groups in total. The summed E-state index contributed by atoms with van der Waals surface area (Å²) in [5.41, 5.74) is 1.48. The van der Waals surface area contributed by atoms with Gasteiger partial charge in [-0.1, -0.05) is 78.3 Å². The van der Waals surface area contributed by atoms with Crippen molar-refractivity contribution in [2.75, 3.05) is 10.8 Å². The van der Waals surface area contributed by atoms with Gasteiger partial charge in [0.15, 0.2) is 0 Å². The predicted octanol–water partition coefficient (Wildman–Crippen LogP) is 6.54. The van der Waals surface area contributed by atoms with E-state index in [9.17, 15) is 22.4 Å². The lowest BCUT2D eigenvalue weighted by molar-refractivity contribution is -0.140. The zero-order chi connectivity index (χ0) is 32.8. The number of rotatable bonds is 11. The van der Waals surface area contributed by atoms with Crippen molar-refractivity contribution in [2.45, 2.75) is 57.1 Å². The van der Waals surface area contributed by atoms with Crippen LogP contribution in [0.1, 0.15) is 37.5 Å². The van der Waals surface area contributed by atoms with Crippen molar-refractivity contribution in [3.63, 3.8) is 0 Å². The normalized spacial score (nSPS) is 12.3. The van der Waals surface area contributed by atoms with Gasteiger partial charge in [0.2, 0.25) is 11.8 Å². The third-order valence-corrected chi connectivity index (χ3v) is 9.34. The van der Waals surface area contributed by atoms with Crippen molar-refractivity contribution < 1.29 is 22.4 Å². The first-order chi connectivity index (χ1) is 21.3. The third-order valence-electron chi connectivity index (χ3n) is 7.15. The van der Waals surface area contributed by atoms with Gasteiger partial charge in [0.1, 0.15) is 18.4 Å². The van der Waals surface area contributed by atoms with Crippen LogP contribution in [-0.2, 0) is 32.6 Å². The van der Waals surface area contributed by atoms with Gasteiger partial charge in [-0.05, 0) is 80.8 Å². The second-order valence-electron chi connectivity index (χ2n) is 11.8. The molecule has 0 aliphatic carbocycles. The van der Waals surface area contributed by atoms with E-state index in [0.29, 0.717) is 16.1 Å². The van der Waals surface area contributed by atoms with Gasteiger partial charge in [-0.2, -0.15) is 0 Å². The first-order valence-corrected chi connectivity index (χ1v) is 16.3. The molecule has 0 saturated heterocycles. The topological polar surface area (TPSA) is 86.8 Å². The fourth-order valence-electron chi connectivity index (χ4n) is 4.89. The van der Waals surface area contributed by atoms with Crippen LogP contribution < -0.4 is 9.62 Å². The van der Waals surface area contributed by atoms with Gasteiger partial charge in [-0.25, -0.2) is 12.8 Å². The molecular formula is C35H37ClFN3O4S. The van der Waals surface area contributed by atoms with E-state index in [4.69, 9.17) is 11.6 Å². The average Bonchev–Trinajstić information content (AvgIpc) is 3.00. The monoisotopic (exact) mass is 649 g/mol. The number of sulfonamides is 1. The van der Waals surface area contributed by atoms with Crippen molar-refractivity contribution in [1.29, 1.82) is 0 Å². The summed E-state index contributed by atoms with van der Waals surface area (Å²) in [5.74, 6) is -1.47. The number of amides is 2. The second-order valence-corrected chi connectivity index (χ2v) is 14.1. The van der Waals surface area contributed by atoms with E-state index in [1.54, 1.807) is 43.3 Å². The minimum absolute atomic E-state index is 0.00595. The van der Waals surface area contributed by atoms with Gasteiger partial charge in [-0.15, -0.1) is 0 Å². The van der Waals surface area contributed by atoms with E-state index in [2.05, 4.69) is 5.32 Å². The molecule has 7 nitrogen and oxygen atoms in total. The van der Waals surface area contributed by atoms with Gasteiger partial charge in [-0.3, -0.25) is 13.9 Å². The minimum atomic E-state index is -4.26. The maximum atomic E-state index is 14.5. The van der Waals surface area contributed by atoms with Crippen molar-refractivity contribution >= 4 is 39.1 Å². The van der Waals surface area contributed by atoms with Gasteiger partial charge < -0.3 is 10.2 Å². The highest BCUT2D eigenvalue weighted by Gasteiger charge is 2.36. The summed E-state index contributed by atoms with van der Waals surface area (Å²) in [6.45, 7) is 6.52. The van der Waals surface area contributed by atoms with Gasteiger partial charge in [0.05, 0.1) is 10.6 Å². The number of carbonyl (C=O) groups excluding carboxylic acids is 2. The van der Waals surface area contributed by atoms with Crippen LogP contribution in [-0.4, -0.2) is 43.3 Å². The lowest BCUT2D eigenvalue weighted by atomic mass is 10.0. The van der Waals surface area contributed by atoms with Crippen molar-refractivity contribution in [2.24, 2.45) is 0 Å². The average molecular weight is 650 g/mol. The van der Waals surface area contributed by atoms with Gasteiger partial charge >= 0.3 is 0 Å². The fraction of sp³-hybridized carbons (Fsp3) is 0.257. The minimum Gasteiger partial charge on any atom is -0.350 e. The molecule has 0 saturated carbocycles. The summed E-state index contributed by atoms with van der Waals surface area (Å²) in [6, 6.07) is 26.5. The Morgan fingerprint density at radius 2 is 1.44 bits per heavy atom. The Balaban J connectivity index is 1.84. The molecular weight excluding hydrogens is 613 g/mol. The molecule has 0 radical (unpaired) electrons. The van der Waals surface area contributed by atoms with Crippen molar-refractivity contribution in [1.82, 2.24) is 10.2 Å². The smallest absolute Gasteiger partial charge is 0.264 e. The molecule has 4 aromatic rings. The summed E-state index contributed by atoms with van der Waals surface area (Å²) in [5, 5.41) is 3.32. The second kappa shape index (κ2) is 14.3. The van der Waals surface area contributed by atoms with Crippen molar-refractivity contribution in [3.8, 4) is 0 Å². The Morgan fingerprint density at radius 1 is 0.844 bits per heavy atom. The Morgan fingerprint density at radius 3 is 2.04 bits per heavy atom. The van der Waals surface area contributed by atoms with E-state index in [1.165, 1.54) is 41.3 Å². The molecule has 0 heterocycles. The molecule has 10 heteroatoms. The SMILES string of the molecule is Cc1c(Cl)cccc1N(CC(=O)N(Cc1ccc(F)cc1)C(Cc1ccccc1)C(=O)NC(C)(C)C)S(=O)(=O)c1ccccc1. The number of carbonyl (C=O) groups is 2. The summed E-state index contributed by atoms with van der Waals surface area (Å²) in [6.07, 6.45) is 0.164. The van der Waals surface area contributed by atoms with Crippen LogP contribution >= 0.6 is 11.6 Å². The summed E-state index contributed by atoms with van der Waals surface area (Å²) < 4.78 is 43.1. The van der Waals surface area contributed by atoms with E-state index in [0.717, 1.165) is 9.87 Å². The van der Waals surface area contributed by atoms with Crippen LogP contribution in [0.15, 0.2) is 108 Å². The maximum absolute atomic E-state index is 14.5. The van der Waals surface area contributed by atoms with Crippen LogP contribution in [0.2, 0.25) is 5.02 Å². The van der Waals surface area contributed by atoms with Crippen LogP contribution in [0.25, 0.3) is 0 Å². The quantitative estimate of drug-likeness (QED) is 0.200. The molecule has 2 amide bonds. The summed E-state index contributed by atoms with van der Waals surface area (Å²) in [7, 11) is -4.26. The molecule has 0 fully saturated rings. The Bertz CT molecular complexity index is 1730. The molecule has 1 unspecified atom stereocenters. The van der Waals surface area contributed by atoms with E-state index in [-0.39, 0.29) is 23.5 Å². The summed E-state index contributed by atoms with van der Waals surface area (Å²) in [4.78, 5) is 29.8. The summed E-state index contributed by atoms with van der Waals surface area (Å²) >= 11 is 6.42. The lowest BCUT2D eigenvalue weighted by Crippen LogP contribution is -2.56. The Labute approximate surface area is 269 Å². The molecule has 0 aromatic heterocycles. The number of benzene rings is 4. The molecule has 236 valence electrons. The zero-order valence-corrected chi connectivity index (χ0v) is 27.3. The van der Waals surface area contributed by atoms with Crippen LogP contribution in [0.5, 0.6) is 0 Å². The highest BCUT2D eigenvalue weighted by molar-refractivity contribution is 7.92. The molecule has 0 spiro atoms. The van der Waals surface area contributed by atoms with Crippen molar-refractivity contribution in [3.05, 3.63) is 131 Å². The van der Waals surface area contributed by atoms with E-state index >= 15 is 0 Å². The lowest BCUT2D eigenvalue weighted by Gasteiger charge is -2.35. The molecule has 1 atom stereocenters. The Hall–Kier alpha value is -4.21. The van der Waals surface area contributed by atoms with Gasteiger partial charge in [0.25, 0.3) is 10.0 Å². The molecule has 45 heavy (non-hydrogen) atoms. The predicted molar refractivity (Wildman–Crippen MR) is 176 cm³/mol. The fourth-order valence-corrected chi connectivity index (χ4v) is 6.55. The van der Waals surface area contributed by atoms with E-state index < -0.39 is 45.8 Å². The standard InChI is InChI=1S/C35H37ClFN3O4S/c1-25-30(36)16-11-17-31(25)40(45(43,44)29-14-9-6-10-15-29)24-33(41)39(23-27-18-20-28(37)21-19-27)32(34(42)38-35(2,3)4)22-26-12-7-5-8-13-26/h5-21,32H,22-24H2,1-4H3,(H,38,42). The number of halogens is 2. The molecule has 4 aromatic carbocycles. The third kappa shape index (κ3) is 8.71. The first kappa shape index (κ1) is 33.7. The number of hydrogen-bond acceptors (Lipinski definition) is 4.